The van der Waals surface area contributed by atoms with Crippen molar-refractivity contribution in [2.45, 2.75) is 6.42 Å². The molecule has 2 aromatic rings. The minimum atomic E-state index is -0.849. The number of amides is 1. The van der Waals surface area contributed by atoms with E-state index in [0.717, 1.165) is 12.1 Å². The summed E-state index contributed by atoms with van der Waals surface area (Å²) in [5, 5.41) is 21.0. The summed E-state index contributed by atoms with van der Waals surface area (Å²) in [5.74, 6) is 3.35. The first-order valence-corrected chi connectivity index (χ1v) is 10.1. The van der Waals surface area contributed by atoms with Crippen LogP contribution in [0.4, 0.5) is 20.2 Å². The number of nitrogens with one attached hydrogen (secondary N) is 3. The van der Waals surface area contributed by atoms with Crippen molar-refractivity contribution in [3.63, 3.8) is 0 Å². The number of aromatic hydroxyl groups is 1. The quantitative estimate of drug-likeness (QED) is 0.116. The zero-order chi connectivity index (χ0) is 24.2. The van der Waals surface area contributed by atoms with Crippen molar-refractivity contribution in [3.8, 4) is 5.75 Å². The molecule has 0 saturated heterocycles. The molecule has 0 fully saturated rings. The summed E-state index contributed by atoms with van der Waals surface area (Å²) in [6.45, 7) is 0.356. The van der Waals surface area contributed by atoms with Crippen LogP contribution in [0.25, 0.3) is 0 Å². The number of carbonyl (C=O) groups excluding carboxylic acids is 1. The number of hydrogen-bond acceptors (Lipinski definition) is 8. The Hall–Kier alpha value is -3.80. The standard InChI is InChI=1S/C21H24F2N6O3S/c1-32-21(33)28-12-15(29-24)11-27-14-9-17(22)20(18(23)10-14)26-6-5-25-19(31)8-13-3-2-4-16(30)7-13/h2-4,7,9-11,26,30H,5-6,8,12,24H2,1H3,(H,25,31)(H,28,33). The van der Waals surface area contributed by atoms with Gasteiger partial charge in [0.25, 0.3) is 5.17 Å². The summed E-state index contributed by atoms with van der Waals surface area (Å²) in [7, 11) is 1.40. The first-order valence-electron chi connectivity index (χ1n) is 9.72. The van der Waals surface area contributed by atoms with Crippen LogP contribution >= 0.6 is 12.2 Å². The molecule has 0 aliphatic heterocycles. The van der Waals surface area contributed by atoms with Crippen molar-refractivity contribution in [3.05, 3.63) is 53.6 Å². The van der Waals surface area contributed by atoms with Crippen LogP contribution in [0.15, 0.2) is 46.5 Å². The highest BCUT2D eigenvalue weighted by Gasteiger charge is 2.11. The van der Waals surface area contributed by atoms with Crippen LogP contribution < -0.4 is 21.8 Å². The number of carbonyl (C=O) groups is 1. The fraction of sp³-hybridized carbons (Fsp3) is 0.238. The van der Waals surface area contributed by atoms with E-state index in [-0.39, 0.29) is 60.0 Å². The van der Waals surface area contributed by atoms with Gasteiger partial charge in [-0.1, -0.05) is 12.1 Å². The lowest BCUT2D eigenvalue weighted by Crippen LogP contribution is -2.30. The van der Waals surface area contributed by atoms with Gasteiger partial charge in [-0.25, -0.2) is 8.78 Å². The number of hydrazone groups is 1. The zero-order valence-electron chi connectivity index (χ0n) is 17.8. The Labute approximate surface area is 194 Å². The number of hydrogen-bond donors (Lipinski definition) is 5. The number of phenols is 1. The molecule has 0 radical (unpaired) electrons. The van der Waals surface area contributed by atoms with Crippen molar-refractivity contribution < 1.29 is 23.4 Å². The van der Waals surface area contributed by atoms with Gasteiger partial charge in [0.15, 0.2) is 11.6 Å². The van der Waals surface area contributed by atoms with Gasteiger partial charge in [0.2, 0.25) is 5.91 Å². The van der Waals surface area contributed by atoms with Gasteiger partial charge in [0, 0.05) is 25.2 Å². The molecular formula is C21H24F2N6O3S. The number of halogens is 2. The van der Waals surface area contributed by atoms with E-state index in [4.69, 9.17) is 22.8 Å². The topological polar surface area (TPSA) is 133 Å². The Morgan fingerprint density at radius 2 is 1.94 bits per heavy atom. The monoisotopic (exact) mass is 478 g/mol. The number of anilines is 1. The number of rotatable bonds is 10. The first-order chi connectivity index (χ1) is 15.8. The van der Waals surface area contributed by atoms with Gasteiger partial charge in [0.05, 0.1) is 37.7 Å². The Bertz CT molecular complexity index is 1030. The van der Waals surface area contributed by atoms with E-state index in [1.807, 2.05) is 0 Å². The second-order valence-electron chi connectivity index (χ2n) is 6.63. The second-order valence-corrected chi connectivity index (χ2v) is 7.00. The zero-order valence-corrected chi connectivity index (χ0v) is 18.6. The fourth-order valence-electron chi connectivity index (χ4n) is 2.62. The maximum atomic E-state index is 14.3. The molecule has 2 aromatic carbocycles. The van der Waals surface area contributed by atoms with Crippen molar-refractivity contribution in [1.82, 2.24) is 10.6 Å². The van der Waals surface area contributed by atoms with Crippen LogP contribution in [0.1, 0.15) is 5.56 Å². The van der Waals surface area contributed by atoms with Crippen LogP contribution in [0.2, 0.25) is 0 Å². The van der Waals surface area contributed by atoms with Crippen molar-refractivity contribution in [2.24, 2.45) is 15.9 Å². The lowest BCUT2D eigenvalue weighted by molar-refractivity contribution is -0.120. The average Bonchev–Trinajstić information content (AvgIpc) is 2.77. The molecule has 0 unspecified atom stereocenters. The van der Waals surface area contributed by atoms with Gasteiger partial charge < -0.3 is 31.6 Å². The molecule has 9 nitrogen and oxygen atoms in total. The van der Waals surface area contributed by atoms with E-state index in [2.05, 4.69) is 26.0 Å². The number of nitrogens with two attached hydrogens (primary N) is 1. The predicted octanol–water partition coefficient (Wildman–Crippen LogP) is 1.98. The smallest absolute Gasteiger partial charge is 0.256 e. The Kier molecular flexibility index (Phi) is 9.96. The summed E-state index contributed by atoms with van der Waals surface area (Å²) < 4.78 is 33.5. The van der Waals surface area contributed by atoms with E-state index in [0.29, 0.717) is 5.56 Å². The Balaban J connectivity index is 1.86. The molecule has 6 N–H and O–H groups in total. The van der Waals surface area contributed by atoms with Gasteiger partial charge in [-0.2, -0.15) is 5.10 Å². The van der Waals surface area contributed by atoms with Crippen LogP contribution in [-0.4, -0.2) is 54.9 Å². The van der Waals surface area contributed by atoms with Crippen LogP contribution in [0, 0.1) is 11.6 Å². The van der Waals surface area contributed by atoms with Crippen LogP contribution in [-0.2, 0) is 16.0 Å². The summed E-state index contributed by atoms with van der Waals surface area (Å²) in [6, 6.07) is 8.43. The first kappa shape index (κ1) is 25.5. The lowest BCUT2D eigenvalue weighted by Gasteiger charge is -2.11. The fourth-order valence-corrected chi connectivity index (χ4v) is 2.69. The van der Waals surface area contributed by atoms with Crippen molar-refractivity contribution in [1.29, 1.82) is 0 Å². The highest BCUT2D eigenvalue weighted by atomic mass is 32.1. The third-order valence-corrected chi connectivity index (χ3v) is 4.49. The number of thiocarbonyl (C=S) groups is 1. The number of benzene rings is 2. The normalized spacial score (nSPS) is 11.3. The SMILES string of the molecule is COC(=S)NCC(C=Nc1cc(F)c(NCCNC(=O)Cc2cccc(O)c2)c(F)c1)=NN. The molecule has 0 saturated carbocycles. The predicted molar refractivity (Wildman–Crippen MR) is 127 cm³/mol. The molecule has 0 heterocycles. The number of ether oxygens (including phenoxy) is 1. The molecule has 0 aromatic heterocycles. The van der Waals surface area contributed by atoms with Crippen LogP contribution in [0.3, 0.4) is 0 Å². The van der Waals surface area contributed by atoms with Crippen molar-refractivity contribution >= 4 is 46.6 Å². The van der Waals surface area contributed by atoms with E-state index in [1.165, 1.54) is 25.5 Å². The lowest BCUT2D eigenvalue weighted by atomic mass is 10.1. The molecule has 0 atom stereocenters. The maximum Gasteiger partial charge on any atom is 0.256 e. The Morgan fingerprint density at radius 3 is 2.58 bits per heavy atom. The molecule has 0 bridgehead atoms. The van der Waals surface area contributed by atoms with Gasteiger partial charge >= 0.3 is 0 Å². The average molecular weight is 479 g/mol. The van der Waals surface area contributed by atoms with Gasteiger partial charge in [0.1, 0.15) is 11.4 Å². The molecule has 0 aliphatic carbocycles. The highest BCUT2D eigenvalue weighted by molar-refractivity contribution is 7.80. The van der Waals surface area contributed by atoms with Gasteiger partial charge in [-0.15, -0.1) is 0 Å². The van der Waals surface area contributed by atoms with Gasteiger partial charge in [-0.05, 0) is 29.9 Å². The molecular weight excluding hydrogens is 454 g/mol. The van der Waals surface area contributed by atoms with Gasteiger partial charge in [-0.3, -0.25) is 9.79 Å². The second kappa shape index (κ2) is 12.9. The number of methoxy groups -OCH3 is 1. The maximum absolute atomic E-state index is 14.3. The summed E-state index contributed by atoms with van der Waals surface area (Å²) in [6.07, 6.45) is 1.32. The molecule has 2 rings (SSSR count). The highest BCUT2D eigenvalue weighted by Crippen LogP contribution is 2.24. The third-order valence-electron chi connectivity index (χ3n) is 4.18. The molecule has 33 heavy (non-hydrogen) atoms. The number of nitrogens with zero attached hydrogens (tertiary/aromatic N) is 2. The molecule has 176 valence electrons. The number of aliphatic imine (C=N–C) groups is 1. The Morgan fingerprint density at radius 1 is 1.21 bits per heavy atom. The summed E-state index contributed by atoms with van der Waals surface area (Å²) >= 11 is 4.83. The molecule has 0 spiro atoms. The van der Waals surface area contributed by atoms with Crippen LogP contribution in [0.5, 0.6) is 5.75 Å². The molecule has 1 amide bonds. The minimum Gasteiger partial charge on any atom is -0.508 e. The van der Waals surface area contributed by atoms with E-state index >= 15 is 0 Å². The van der Waals surface area contributed by atoms with E-state index < -0.39 is 11.6 Å². The van der Waals surface area contributed by atoms with E-state index in [9.17, 15) is 18.7 Å². The molecule has 12 heteroatoms. The third kappa shape index (κ3) is 8.69. The summed E-state index contributed by atoms with van der Waals surface area (Å²) in [5.41, 5.74) is 0.606. The minimum absolute atomic E-state index is 0.0189. The number of phenolic OH excluding ortho intramolecular Hbond substituents is 1. The summed E-state index contributed by atoms with van der Waals surface area (Å²) in [4.78, 5) is 15.9. The molecule has 0 aliphatic rings. The largest absolute Gasteiger partial charge is 0.508 e. The van der Waals surface area contributed by atoms with E-state index in [1.54, 1.807) is 12.1 Å². The van der Waals surface area contributed by atoms with Crippen molar-refractivity contribution in [2.75, 3.05) is 32.1 Å².